The van der Waals surface area contributed by atoms with Crippen LogP contribution in [0.5, 0.6) is 0 Å². The van der Waals surface area contributed by atoms with Crippen molar-refractivity contribution in [3.8, 4) is 0 Å². The van der Waals surface area contributed by atoms with E-state index in [9.17, 15) is 9.59 Å². The number of hydrogen-bond acceptors (Lipinski definition) is 3. The van der Waals surface area contributed by atoms with Crippen molar-refractivity contribution in [2.24, 2.45) is 0 Å². The van der Waals surface area contributed by atoms with Gasteiger partial charge in [-0.3, -0.25) is 9.59 Å². The Hall–Kier alpha value is -0.360. The molecule has 22 heavy (non-hydrogen) atoms. The van der Waals surface area contributed by atoms with E-state index in [4.69, 9.17) is 0 Å². The van der Waals surface area contributed by atoms with Crippen molar-refractivity contribution in [2.75, 3.05) is 31.9 Å². The molecule has 0 rings (SSSR count). The number of nitrogens with zero attached hydrogens (tertiary/aromatic N) is 2. The smallest absolute Gasteiger partial charge is 0.281 e. The average Bonchev–Trinajstić information content (AvgIpc) is 2.47. The number of hydrogen-bond donors (Lipinski definition) is 1. The van der Waals surface area contributed by atoms with E-state index in [1.165, 1.54) is 11.8 Å². The van der Waals surface area contributed by atoms with Crippen LogP contribution in [0.2, 0.25) is 0 Å². The van der Waals surface area contributed by atoms with E-state index in [-0.39, 0.29) is 10.5 Å². The van der Waals surface area contributed by atoms with Crippen LogP contribution in [0.4, 0.5) is 9.59 Å². The molecule has 0 aliphatic heterocycles. The first-order chi connectivity index (χ1) is 10.5. The zero-order valence-corrected chi connectivity index (χ0v) is 16.6. The number of amides is 2. The standard InChI is InChI=1S/C9H19NOS.C7H15NOS/c1-4-7-10(8-5-2)9(11)12-6-3;1-3-5-8(6-4-2)7(9)10/h4-8H2,1-3H3;3-6H2,1-2H3,(H,9,10). The fraction of sp³-hybridized carbons (Fsp3) is 0.875. The molecule has 0 N–H and O–H groups in total. The largest absolute Gasteiger partial charge is 0.334 e. The molecule has 0 radical (unpaired) electrons. The third-order valence-electron chi connectivity index (χ3n) is 2.77. The third-order valence-corrected chi connectivity index (χ3v) is 3.85. The second-order valence-electron chi connectivity index (χ2n) is 4.96. The first-order valence-electron chi connectivity index (χ1n) is 8.37. The number of carbonyl (C=O) groups is 2. The Morgan fingerprint density at radius 3 is 1.41 bits per heavy atom. The summed E-state index contributed by atoms with van der Waals surface area (Å²) in [5, 5.41) is 0.130. The highest BCUT2D eigenvalue weighted by Gasteiger charge is 2.10. The highest BCUT2D eigenvalue weighted by Crippen LogP contribution is 2.09. The molecule has 0 saturated carbocycles. The van der Waals surface area contributed by atoms with Gasteiger partial charge < -0.3 is 9.80 Å². The van der Waals surface area contributed by atoms with Gasteiger partial charge in [-0.2, -0.15) is 0 Å². The quantitative estimate of drug-likeness (QED) is 0.585. The van der Waals surface area contributed by atoms with Gasteiger partial charge in [0.15, 0.2) is 0 Å². The monoisotopic (exact) mass is 350 g/mol. The molecular weight excluding hydrogens is 316 g/mol. The van der Waals surface area contributed by atoms with E-state index in [0.717, 1.165) is 57.6 Å². The summed E-state index contributed by atoms with van der Waals surface area (Å²) >= 11 is 5.15. The molecule has 0 heterocycles. The Bertz CT molecular complexity index is 277. The Balaban J connectivity index is 0. The minimum atomic E-state index is -0.108. The van der Waals surface area contributed by atoms with Crippen molar-refractivity contribution in [2.45, 2.75) is 60.3 Å². The number of carbonyl (C=O) groups excluding carboxylic acids is 2. The molecule has 4 nitrogen and oxygen atoms in total. The van der Waals surface area contributed by atoms with Crippen LogP contribution in [-0.2, 0) is 0 Å². The zero-order chi connectivity index (χ0) is 17.4. The Labute approximate surface area is 146 Å². The lowest BCUT2D eigenvalue weighted by Crippen LogP contribution is -2.29. The summed E-state index contributed by atoms with van der Waals surface area (Å²) in [5.74, 6) is 0.878. The van der Waals surface area contributed by atoms with Gasteiger partial charge in [0.2, 0.25) is 0 Å². The summed E-state index contributed by atoms with van der Waals surface area (Å²) in [5.41, 5.74) is 0. The van der Waals surface area contributed by atoms with Crippen LogP contribution in [0.1, 0.15) is 60.3 Å². The Morgan fingerprint density at radius 1 is 0.773 bits per heavy atom. The zero-order valence-electron chi connectivity index (χ0n) is 14.9. The van der Waals surface area contributed by atoms with Crippen LogP contribution in [0, 0.1) is 0 Å². The highest BCUT2D eigenvalue weighted by molar-refractivity contribution is 8.13. The van der Waals surface area contributed by atoms with Crippen LogP contribution in [0.3, 0.4) is 0 Å². The van der Waals surface area contributed by atoms with Gasteiger partial charge in [-0.1, -0.05) is 59.0 Å². The maximum atomic E-state index is 11.4. The van der Waals surface area contributed by atoms with E-state index in [1.807, 2.05) is 11.8 Å². The molecule has 0 aromatic heterocycles. The average molecular weight is 351 g/mol. The topological polar surface area (TPSA) is 40.6 Å². The summed E-state index contributed by atoms with van der Waals surface area (Å²) < 4.78 is 0. The Kier molecular flexibility index (Phi) is 18.5. The summed E-state index contributed by atoms with van der Waals surface area (Å²) in [6.45, 7) is 13.8. The van der Waals surface area contributed by atoms with Gasteiger partial charge in [0.1, 0.15) is 0 Å². The van der Waals surface area contributed by atoms with Crippen LogP contribution >= 0.6 is 24.4 Å². The SMILES string of the molecule is CCCN(CCC)C(=O)S.CCCN(CCC)C(=O)SCC. The van der Waals surface area contributed by atoms with Crippen molar-refractivity contribution in [1.29, 1.82) is 0 Å². The third kappa shape index (κ3) is 13.3. The second-order valence-corrected chi connectivity index (χ2v) is 6.55. The maximum absolute atomic E-state index is 11.4. The van der Waals surface area contributed by atoms with Crippen molar-refractivity contribution >= 4 is 34.9 Å². The van der Waals surface area contributed by atoms with Gasteiger partial charge in [-0.05, 0) is 31.4 Å². The minimum absolute atomic E-state index is 0.108. The number of thiol groups is 1. The molecule has 0 fully saturated rings. The fourth-order valence-electron chi connectivity index (χ4n) is 1.89. The molecule has 0 atom stereocenters. The second kappa shape index (κ2) is 17.0. The van der Waals surface area contributed by atoms with Gasteiger partial charge in [-0.15, -0.1) is 0 Å². The molecule has 0 saturated heterocycles. The van der Waals surface area contributed by atoms with Gasteiger partial charge in [0, 0.05) is 26.2 Å². The number of thioether (sulfide) groups is 1. The molecule has 2 amide bonds. The minimum Gasteiger partial charge on any atom is -0.334 e. The lowest BCUT2D eigenvalue weighted by molar-refractivity contribution is 0.222. The Morgan fingerprint density at radius 2 is 1.14 bits per heavy atom. The fourth-order valence-corrected chi connectivity index (χ4v) is 2.70. The van der Waals surface area contributed by atoms with Crippen LogP contribution in [0.15, 0.2) is 0 Å². The predicted octanol–water partition coefficient (Wildman–Crippen LogP) is 5.14. The molecule has 132 valence electrons. The van der Waals surface area contributed by atoms with Crippen molar-refractivity contribution < 1.29 is 9.59 Å². The highest BCUT2D eigenvalue weighted by atomic mass is 32.2. The summed E-state index contributed by atoms with van der Waals surface area (Å²) in [6.07, 6.45) is 4.12. The molecular formula is C16H34N2O2S2. The van der Waals surface area contributed by atoms with Gasteiger partial charge in [0.05, 0.1) is 0 Å². The molecule has 0 aliphatic rings. The van der Waals surface area contributed by atoms with Gasteiger partial charge in [-0.25, -0.2) is 0 Å². The molecule has 6 heteroatoms. The maximum Gasteiger partial charge on any atom is 0.281 e. The van der Waals surface area contributed by atoms with Crippen molar-refractivity contribution in [3.05, 3.63) is 0 Å². The molecule has 0 bridgehead atoms. The first-order valence-corrected chi connectivity index (χ1v) is 9.81. The van der Waals surface area contributed by atoms with Crippen LogP contribution in [-0.4, -0.2) is 52.2 Å². The summed E-state index contributed by atoms with van der Waals surface area (Å²) in [4.78, 5) is 25.8. The molecule has 0 unspecified atom stereocenters. The summed E-state index contributed by atoms with van der Waals surface area (Å²) in [7, 11) is 0. The normalized spacial score (nSPS) is 9.73. The number of rotatable bonds is 9. The van der Waals surface area contributed by atoms with E-state index < -0.39 is 0 Å². The molecule has 0 aromatic rings. The van der Waals surface area contributed by atoms with Crippen molar-refractivity contribution in [1.82, 2.24) is 9.80 Å². The predicted molar refractivity (Wildman–Crippen MR) is 102 cm³/mol. The molecule has 0 aromatic carbocycles. The molecule has 0 spiro atoms. The van der Waals surface area contributed by atoms with E-state index >= 15 is 0 Å². The van der Waals surface area contributed by atoms with E-state index in [1.54, 1.807) is 4.90 Å². The van der Waals surface area contributed by atoms with Crippen LogP contribution < -0.4 is 0 Å². The lowest BCUT2D eigenvalue weighted by atomic mass is 10.4. The lowest BCUT2D eigenvalue weighted by Gasteiger charge is -2.20. The van der Waals surface area contributed by atoms with Crippen LogP contribution in [0.25, 0.3) is 0 Å². The first kappa shape index (κ1) is 23.9. The van der Waals surface area contributed by atoms with Gasteiger partial charge in [0.25, 0.3) is 10.5 Å². The van der Waals surface area contributed by atoms with Crippen molar-refractivity contribution in [3.63, 3.8) is 0 Å². The molecule has 0 aliphatic carbocycles. The van der Waals surface area contributed by atoms with E-state index in [0.29, 0.717) is 0 Å². The van der Waals surface area contributed by atoms with E-state index in [2.05, 4.69) is 40.3 Å². The van der Waals surface area contributed by atoms with Gasteiger partial charge >= 0.3 is 0 Å². The summed E-state index contributed by atoms with van der Waals surface area (Å²) in [6, 6.07) is 0.